The Kier molecular flexibility index (Phi) is 4.52. The number of ether oxygens (including phenoxy) is 1. The Bertz CT molecular complexity index is 825. The van der Waals surface area contributed by atoms with Gasteiger partial charge in [0.1, 0.15) is 5.75 Å². The number of fused-ring (bicyclic) bond motifs is 1. The molecule has 3 aromatic rings. The molecule has 0 aliphatic carbocycles. The highest BCUT2D eigenvalue weighted by atomic mass is 16.5. The fourth-order valence-corrected chi connectivity index (χ4v) is 2.59. The average Bonchev–Trinajstić information content (AvgIpc) is 2.60. The molecule has 4 nitrogen and oxygen atoms in total. The Morgan fingerprint density at radius 2 is 1.83 bits per heavy atom. The van der Waals surface area contributed by atoms with Crippen molar-refractivity contribution in [3.8, 4) is 5.75 Å². The standard InChI is InChI=1S/C19H18N2O2/c1-23-17-10-3-2-6-15(17)12-18(22)21-13-16-8-4-7-14-9-5-11-20-19(14)16/h2-11H,12-13H2,1H3,(H,21,22). The molecule has 1 amide bonds. The number of pyridine rings is 1. The van der Waals surface area contributed by atoms with Crippen molar-refractivity contribution < 1.29 is 9.53 Å². The lowest BCUT2D eigenvalue weighted by Crippen LogP contribution is -2.24. The first-order valence-electron chi connectivity index (χ1n) is 7.49. The highest BCUT2D eigenvalue weighted by Gasteiger charge is 2.09. The van der Waals surface area contributed by atoms with E-state index < -0.39 is 0 Å². The van der Waals surface area contributed by atoms with E-state index in [0.717, 1.165) is 27.8 Å². The fraction of sp³-hybridized carbons (Fsp3) is 0.158. The summed E-state index contributed by atoms with van der Waals surface area (Å²) < 4.78 is 5.28. The number of nitrogens with one attached hydrogen (secondary N) is 1. The lowest BCUT2D eigenvalue weighted by atomic mass is 10.1. The smallest absolute Gasteiger partial charge is 0.224 e. The molecule has 0 bridgehead atoms. The first-order chi connectivity index (χ1) is 11.3. The van der Waals surface area contributed by atoms with Crippen molar-refractivity contribution in [2.24, 2.45) is 0 Å². The van der Waals surface area contributed by atoms with Crippen LogP contribution in [0.2, 0.25) is 0 Å². The molecule has 0 unspecified atom stereocenters. The summed E-state index contributed by atoms with van der Waals surface area (Å²) in [5, 5.41) is 4.03. The predicted octanol–water partition coefficient (Wildman–Crippen LogP) is 3.10. The van der Waals surface area contributed by atoms with Gasteiger partial charge in [0.2, 0.25) is 5.91 Å². The molecule has 3 rings (SSSR count). The fourth-order valence-electron chi connectivity index (χ4n) is 2.59. The van der Waals surface area contributed by atoms with Crippen molar-refractivity contribution in [2.45, 2.75) is 13.0 Å². The highest BCUT2D eigenvalue weighted by molar-refractivity contribution is 5.83. The van der Waals surface area contributed by atoms with Crippen LogP contribution in [0, 0.1) is 0 Å². The van der Waals surface area contributed by atoms with Crippen molar-refractivity contribution >= 4 is 16.8 Å². The van der Waals surface area contributed by atoms with Crippen molar-refractivity contribution in [3.05, 3.63) is 71.9 Å². The van der Waals surface area contributed by atoms with Gasteiger partial charge in [-0.2, -0.15) is 0 Å². The number of hydrogen-bond acceptors (Lipinski definition) is 3. The number of amides is 1. The summed E-state index contributed by atoms with van der Waals surface area (Å²) >= 11 is 0. The molecule has 0 atom stereocenters. The first-order valence-corrected chi connectivity index (χ1v) is 7.49. The number of nitrogens with zero attached hydrogens (tertiary/aromatic N) is 1. The van der Waals surface area contributed by atoms with E-state index in [2.05, 4.69) is 10.3 Å². The quantitative estimate of drug-likeness (QED) is 0.788. The van der Waals surface area contributed by atoms with Gasteiger partial charge < -0.3 is 10.1 Å². The normalized spacial score (nSPS) is 10.5. The Hall–Kier alpha value is -2.88. The third-order valence-electron chi connectivity index (χ3n) is 3.74. The second-order valence-electron chi connectivity index (χ2n) is 5.26. The van der Waals surface area contributed by atoms with Crippen molar-refractivity contribution in [3.63, 3.8) is 0 Å². The Balaban J connectivity index is 1.69. The van der Waals surface area contributed by atoms with Gasteiger partial charge in [-0.1, -0.05) is 42.5 Å². The maximum atomic E-state index is 12.2. The highest BCUT2D eigenvalue weighted by Crippen LogP contribution is 2.18. The molecule has 1 heterocycles. The summed E-state index contributed by atoms with van der Waals surface area (Å²) in [6, 6.07) is 17.5. The van der Waals surface area contributed by atoms with Gasteiger partial charge in [-0.05, 0) is 17.7 Å². The average molecular weight is 306 g/mol. The van der Waals surface area contributed by atoms with Gasteiger partial charge in [0.15, 0.2) is 0 Å². The Morgan fingerprint density at radius 1 is 1.04 bits per heavy atom. The van der Waals surface area contributed by atoms with Crippen LogP contribution in [-0.4, -0.2) is 18.0 Å². The number of hydrogen-bond donors (Lipinski definition) is 1. The van der Waals surface area contributed by atoms with E-state index in [1.54, 1.807) is 13.3 Å². The third kappa shape index (κ3) is 3.48. The van der Waals surface area contributed by atoms with Crippen molar-refractivity contribution in [1.82, 2.24) is 10.3 Å². The lowest BCUT2D eigenvalue weighted by Gasteiger charge is -2.10. The Morgan fingerprint density at radius 3 is 2.70 bits per heavy atom. The van der Waals surface area contributed by atoms with Gasteiger partial charge in [0.05, 0.1) is 19.0 Å². The summed E-state index contributed by atoms with van der Waals surface area (Å²) in [7, 11) is 1.61. The number of methoxy groups -OCH3 is 1. The van der Waals surface area contributed by atoms with Crippen LogP contribution in [-0.2, 0) is 17.8 Å². The molecule has 0 radical (unpaired) electrons. The van der Waals surface area contributed by atoms with Crippen LogP contribution >= 0.6 is 0 Å². The molecular formula is C19H18N2O2. The largest absolute Gasteiger partial charge is 0.496 e. The number of benzene rings is 2. The molecule has 1 N–H and O–H groups in total. The van der Waals surface area contributed by atoms with Crippen LogP contribution in [0.4, 0.5) is 0 Å². The van der Waals surface area contributed by atoms with Gasteiger partial charge >= 0.3 is 0 Å². The number of aromatic nitrogens is 1. The number of carbonyl (C=O) groups excluding carboxylic acids is 1. The van der Waals surface area contributed by atoms with E-state index in [1.807, 2.05) is 54.6 Å². The van der Waals surface area contributed by atoms with E-state index in [4.69, 9.17) is 4.74 Å². The first kappa shape index (κ1) is 15.0. The zero-order valence-corrected chi connectivity index (χ0v) is 13.0. The lowest BCUT2D eigenvalue weighted by molar-refractivity contribution is -0.120. The second kappa shape index (κ2) is 6.92. The number of rotatable bonds is 5. The molecule has 0 fully saturated rings. The van der Waals surface area contributed by atoms with Crippen LogP contribution < -0.4 is 10.1 Å². The van der Waals surface area contributed by atoms with Gasteiger partial charge in [-0.15, -0.1) is 0 Å². The van der Waals surface area contributed by atoms with Crippen LogP contribution in [0.1, 0.15) is 11.1 Å². The van der Waals surface area contributed by atoms with Crippen LogP contribution in [0.5, 0.6) is 5.75 Å². The van der Waals surface area contributed by atoms with Gasteiger partial charge in [-0.25, -0.2) is 0 Å². The monoisotopic (exact) mass is 306 g/mol. The summed E-state index contributed by atoms with van der Waals surface area (Å²) in [6.45, 7) is 0.461. The molecule has 2 aromatic carbocycles. The van der Waals surface area contributed by atoms with Crippen LogP contribution in [0.3, 0.4) is 0 Å². The molecule has 0 aliphatic heterocycles. The molecule has 0 spiro atoms. The van der Waals surface area contributed by atoms with Gasteiger partial charge in [0, 0.05) is 23.7 Å². The molecule has 23 heavy (non-hydrogen) atoms. The number of carbonyl (C=O) groups is 1. The van der Waals surface area contributed by atoms with Crippen molar-refractivity contribution in [1.29, 1.82) is 0 Å². The molecule has 4 heteroatoms. The minimum Gasteiger partial charge on any atom is -0.496 e. The van der Waals surface area contributed by atoms with E-state index in [0.29, 0.717) is 13.0 Å². The van der Waals surface area contributed by atoms with Gasteiger partial charge in [-0.3, -0.25) is 9.78 Å². The van der Waals surface area contributed by atoms with Crippen LogP contribution in [0.15, 0.2) is 60.8 Å². The molecule has 116 valence electrons. The second-order valence-corrected chi connectivity index (χ2v) is 5.26. The molecular weight excluding hydrogens is 288 g/mol. The molecule has 0 saturated heterocycles. The topological polar surface area (TPSA) is 51.2 Å². The van der Waals surface area contributed by atoms with Crippen molar-refractivity contribution in [2.75, 3.05) is 7.11 Å². The maximum absolute atomic E-state index is 12.2. The van der Waals surface area contributed by atoms with E-state index in [1.165, 1.54) is 0 Å². The third-order valence-corrected chi connectivity index (χ3v) is 3.74. The summed E-state index contributed by atoms with van der Waals surface area (Å²) in [5.41, 5.74) is 2.81. The Labute approximate surface area is 135 Å². The summed E-state index contributed by atoms with van der Waals surface area (Å²) in [4.78, 5) is 16.6. The van der Waals surface area contributed by atoms with E-state index in [-0.39, 0.29) is 5.91 Å². The SMILES string of the molecule is COc1ccccc1CC(=O)NCc1cccc2cccnc12. The van der Waals surface area contributed by atoms with E-state index in [9.17, 15) is 4.79 Å². The maximum Gasteiger partial charge on any atom is 0.224 e. The van der Waals surface area contributed by atoms with Gasteiger partial charge in [0.25, 0.3) is 0 Å². The van der Waals surface area contributed by atoms with E-state index >= 15 is 0 Å². The summed E-state index contributed by atoms with van der Waals surface area (Å²) in [5.74, 6) is 0.692. The molecule has 0 aliphatic rings. The predicted molar refractivity (Wildman–Crippen MR) is 90.3 cm³/mol. The number of para-hydroxylation sites is 2. The minimum atomic E-state index is -0.0394. The minimum absolute atomic E-state index is 0.0394. The zero-order valence-electron chi connectivity index (χ0n) is 13.0. The summed E-state index contributed by atoms with van der Waals surface area (Å²) in [6.07, 6.45) is 2.06. The molecule has 0 saturated carbocycles. The van der Waals surface area contributed by atoms with Crippen LogP contribution in [0.25, 0.3) is 10.9 Å². The molecule has 1 aromatic heterocycles. The zero-order chi connectivity index (χ0) is 16.1.